The molecule has 3 nitrogen and oxygen atoms in total. The third-order valence-corrected chi connectivity index (χ3v) is 3.74. The molecule has 0 aliphatic carbocycles. The molecule has 0 spiro atoms. The maximum absolute atomic E-state index is 11.9. The zero-order valence-electron chi connectivity index (χ0n) is 9.74. The van der Waals surface area contributed by atoms with Crippen LogP contribution in [0.3, 0.4) is 0 Å². The Balaban J connectivity index is 1.95. The Morgan fingerprint density at radius 2 is 2.38 bits per heavy atom. The second-order valence-electron chi connectivity index (χ2n) is 4.75. The number of rotatable bonds is 3. The summed E-state index contributed by atoms with van der Waals surface area (Å²) in [6.07, 6.45) is 9.85. The molecule has 16 heavy (non-hydrogen) atoms. The van der Waals surface area contributed by atoms with Crippen molar-refractivity contribution in [3.05, 3.63) is 0 Å². The van der Waals surface area contributed by atoms with Gasteiger partial charge in [-0.1, -0.05) is 0 Å². The van der Waals surface area contributed by atoms with E-state index in [9.17, 15) is 4.79 Å². The molecule has 2 rings (SSSR count). The molecule has 1 amide bonds. The highest BCUT2D eigenvalue weighted by molar-refractivity contribution is 5.77. The van der Waals surface area contributed by atoms with Crippen molar-refractivity contribution in [1.29, 1.82) is 0 Å². The Labute approximate surface area is 97.6 Å². The predicted molar refractivity (Wildman–Crippen MR) is 63.8 cm³/mol. The molecular formula is C13H20N2O. The number of hydrogen-bond donors (Lipinski definition) is 1. The highest BCUT2D eigenvalue weighted by atomic mass is 16.2. The minimum Gasteiger partial charge on any atom is -0.339 e. The van der Waals surface area contributed by atoms with Crippen molar-refractivity contribution in [1.82, 2.24) is 10.2 Å². The maximum Gasteiger partial charge on any atom is 0.222 e. The zero-order chi connectivity index (χ0) is 11.4. The molecule has 2 saturated heterocycles. The number of carbonyl (C=O) groups is 1. The van der Waals surface area contributed by atoms with Crippen molar-refractivity contribution >= 4 is 5.91 Å². The summed E-state index contributed by atoms with van der Waals surface area (Å²) in [4.78, 5) is 14.0. The highest BCUT2D eigenvalue weighted by Crippen LogP contribution is 2.28. The molecule has 0 aromatic carbocycles. The van der Waals surface area contributed by atoms with Gasteiger partial charge in [-0.3, -0.25) is 4.79 Å². The van der Waals surface area contributed by atoms with Gasteiger partial charge in [-0.15, -0.1) is 12.3 Å². The number of nitrogens with zero attached hydrogens (tertiary/aromatic N) is 1. The van der Waals surface area contributed by atoms with Crippen LogP contribution < -0.4 is 5.32 Å². The molecule has 0 saturated carbocycles. The Hall–Kier alpha value is -1.01. The molecule has 2 fully saturated rings. The van der Waals surface area contributed by atoms with Crippen LogP contribution >= 0.6 is 0 Å². The number of nitrogens with one attached hydrogen (secondary N) is 1. The number of unbranched alkanes of at least 4 members (excludes halogenated alkanes) is 1. The van der Waals surface area contributed by atoms with Crippen LogP contribution in [0.15, 0.2) is 0 Å². The first kappa shape index (κ1) is 11.5. The summed E-state index contributed by atoms with van der Waals surface area (Å²) in [5.41, 5.74) is 0. The minimum atomic E-state index is 0.333. The summed E-state index contributed by atoms with van der Waals surface area (Å²) < 4.78 is 0. The molecule has 2 heterocycles. The molecule has 0 radical (unpaired) electrons. The van der Waals surface area contributed by atoms with E-state index in [2.05, 4.69) is 16.1 Å². The van der Waals surface area contributed by atoms with Crippen LogP contribution in [0.5, 0.6) is 0 Å². The van der Waals surface area contributed by atoms with Crippen molar-refractivity contribution in [2.24, 2.45) is 5.92 Å². The maximum atomic E-state index is 11.9. The average Bonchev–Trinajstić information content (AvgIpc) is 2.32. The van der Waals surface area contributed by atoms with Crippen LogP contribution in [-0.2, 0) is 4.79 Å². The van der Waals surface area contributed by atoms with Crippen LogP contribution in [0.4, 0.5) is 0 Å². The predicted octanol–water partition coefficient (Wildman–Crippen LogP) is 1.00. The third kappa shape index (κ3) is 2.38. The van der Waals surface area contributed by atoms with Gasteiger partial charge in [-0.25, -0.2) is 0 Å². The van der Waals surface area contributed by atoms with Crippen molar-refractivity contribution in [2.75, 3.05) is 19.6 Å². The van der Waals surface area contributed by atoms with E-state index in [4.69, 9.17) is 6.42 Å². The number of piperidine rings is 2. The standard InChI is InChI=1S/C13H20N2O/c1-2-3-4-9-15-12-7-8-14-10-11(12)5-6-13(15)16/h1,11-12,14H,3-10H2. The van der Waals surface area contributed by atoms with Gasteiger partial charge >= 0.3 is 0 Å². The van der Waals surface area contributed by atoms with Crippen LogP contribution in [0.2, 0.25) is 0 Å². The van der Waals surface area contributed by atoms with Gasteiger partial charge in [0, 0.05) is 25.4 Å². The summed E-state index contributed by atoms with van der Waals surface area (Å²) in [6.45, 7) is 2.97. The SMILES string of the molecule is C#CCCCN1C(=O)CCC2CNCCC21. The van der Waals surface area contributed by atoms with Gasteiger partial charge in [-0.2, -0.15) is 0 Å². The fourth-order valence-corrected chi connectivity index (χ4v) is 2.89. The number of carbonyl (C=O) groups excluding carboxylic acids is 1. The fraction of sp³-hybridized carbons (Fsp3) is 0.769. The average molecular weight is 220 g/mol. The van der Waals surface area contributed by atoms with Crippen molar-refractivity contribution in [2.45, 2.75) is 38.1 Å². The number of likely N-dealkylation sites (tertiary alicyclic amines) is 1. The Bertz CT molecular complexity index is 295. The number of fused-ring (bicyclic) bond motifs is 1. The molecule has 2 aliphatic rings. The van der Waals surface area contributed by atoms with E-state index in [0.717, 1.165) is 51.7 Å². The van der Waals surface area contributed by atoms with E-state index in [0.29, 0.717) is 17.9 Å². The number of terminal acetylenes is 1. The zero-order valence-corrected chi connectivity index (χ0v) is 9.74. The quantitative estimate of drug-likeness (QED) is 0.568. The molecule has 0 aromatic rings. The van der Waals surface area contributed by atoms with E-state index in [1.807, 2.05) is 0 Å². The normalized spacial score (nSPS) is 29.7. The molecule has 2 unspecified atom stereocenters. The Morgan fingerprint density at radius 3 is 3.19 bits per heavy atom. The second-order valence-corrected chi connectivity index (χ2v) is 4.75. The molecule has 0 aromatic heterocycles. The third-order valence-electron chi connectivity index (χ3n) is 3.74. The van der Waals surface area contributed by atoms with Crippen molar-refractivity contribution in [3.8, 4) is 12.3 Å². The summed E-state index contributed by atoms with van der Waals surface area (Å²) >= 11 is 0. The van der Waals surface area contributed by atoms with Crippen LogP contribution in [0.25, 0.3) is 0 Å². The topological polar surface area (TPSA) is 32.3 Å². The van der Waals surface area contributed by atoms with E-state index < -0.39 is 0 Å². The first-order chi connectivity index (χ1) is 7.83. The molecule has 2 aliphatic heterocycles. The lowest BCUT2D eigenvalue weighted by Crippen LogP contribution is -2.55. The van der Waals surface area contributed by atoms with Gasteiger partial charge in [0.1, 0.15) is 0 Å². The summed E-state index contributed by atoms with van der Waals surface area (Å²) in [5.74, 6) is 3.64. The van der Waals surface area contributed by atoms with Crippen molar-refractivity contribution < 1.29 is 4.79 Å². The minimum absolute atomic E-state index is 0.333. The fourth-order valence-electron chi connectivity index (χ4n) is 2.89. The summed E-state index contributed by atoms with van der Waals surface area (Å²) in [7, 11) is 0. The smallest absolute Gasteiger partial charge is 0.222 e. The van der Waals surface area contributed by atoms with Gasteiger partial charge in [-0.05, 0) is 38.3 Å². The van der Waals surface area contributed by atoms with Crippen molar-refractivity contribution in [3.63, 3.8) is 0 Å². The molecule has 3 heteroatoms. The van der Waals surface area contributed by atoms with E-state index in [1.54, 1.807) is 0 Å². The molecule has 2 atom stereocenters. The second kappa shape index (κ2) is 5.36. The highest BCUT2D eigenvalue weighted by Gasteiger charge is 2.36. The van der Waals surface area contributed by atoms with Gasteiger partial charge in [0.25, 0.3) is 0 Å². The number of hydrogen-bond acceptors (Lipinski definition) is 2. The lowest BCUT2D eigenvalue weighted by atomic mass is 9.84. The van der Waals surface area contributed by atoms with E-state index >= 15 is 0 Å². The first-order valence-electron chi connectivity index (χ1n) is 6.26. The largest absolute Gasteiger partial charge is 0.339 e. The van der Waals surface area contributed by atoms with E-state index in [-0.39, 0.29) is 0 Å². The molecule has 88 valence electrons. The number of amides is 1. The summed E-state index contributed by atoms with van der Waals surface area (Å²) in [5, 5.41) is 3.42. The van der Waals surface area contributed by atoms with Gasteiger partial charge in [0.15, 0.2) is 0 Å². The van der Waals surface area contributed by atoms with E-state index in [1.165, 1.54) is 0 Å². The first-order valence-corrected chi connectivity index (χ1v) is 6.26. The lowest BCUT2D eigenvalue weighted by Gasteiger charge is -2.44. The Kier molecular flexibility index (Phi) is 3.84. The van der Waals surface area contributed by atoms with Crippen LogP contribution in [-0.4, -0.2) is 36.5 Å². The van der Waals surface area contributed by atoms with Gasteiger partial charge in [0.05, 0.1) is 0 Å². The summed E-state index contributed by atoms with van der Waals surface area (Å²) in [6, 6.07) is 0.472. The van der Waals surface area contributed by atoms with Crippen LogP contribution in [0.1, 0.15) is 32.1 Å². The molecular weight excluding hydrogens is 200 g/mol. The molecule has 0 bridgehead atoms. The van der Waals surface area contributed by atoms with Gasteiger partial charge < -0.3 is 10.2 Å². The molecule has 1 N–H and O–H groups in total. The lowest BCUT2D eigenvalue weighted by molar-refractivity contribution is -0.139. The van der Waals surface area contributed by atoms with Crippen LogP contribution in [0, 0.1) is 18.3 Å². The Morgan fingerprint density at radius 1 is 1.50 bits per heavy atom. The monoisotopic (exact) mass is 220 g/mol. The van der Waals surface area contributed by atoms with Gasteiger partial charge in [0.2, 0.25) is 5.91 Å².